The predicted octanol–water partition coefficient (Wildman–Crippen LogP) is 5.48. The van der Waals surface area contributed by atoms with Crippen LogP contribution in [0.15, 0.2) is 53.5 Å². The van der Waals surface area contributed by atoms with Crippen LogP contribution in [0, 0.1) is 11.8 Å². The van der Waals surface area contributed by atoms with Gasteiger partial charge in [0.1, 0.15) is 31.1 Å². The van der Waals surface area contributed by atoms with E-state index in [4.69, 9.17) is 9.57 Å². The van der Waals surface area contributed by atoms with Crippen molar-refractivity contribution in [3.63, 3.8) is 0 Å². The Balaban J connectivity index is 1.39. The van der Waals surface area contributed by atoms with Gasteiger partial charge in [0.15, 0.2) is 6.23 Å². The average molecular weight is 728 g/mol. The number of alkyl carbamates (subject to hydrolysis) is 1. The highest BCUT2D eigenvalue weighted by Gasteiger charge is 2.42. The summed E-state index contributed by atoms with van der Waals surface area (Å²) in [5.41, 5.74) is -2.61. The van der Waals surface area contributed by atoms with Crippen molar-refractivity contribution < 1.29 is 55.1 Å². The maximum atomic E-state index is 13.7. The largest absolute Gasteiger partial charge is 0.445 e. The monoisotopic (exact) mass is 727 g/mol. The molecule has 2 aromatic rings. The maximum absolute atomic E-state index is 13.7. The molecule has 1 fully saturated rings. The number of carbonyl (C=O) groups is 4. The highest BCUT2D eigenvalue weighted by molar-refractivity contribution is 5.96. The van der Waals surface area contributed by atoms with Gasteiger partial charge >= 0.3 is 18.4 Å². The van der Waals surface area contributed by atoms with E-state index in [0.717, 1.165) is 11.9 Å². The number of rotatable bonds is 11. The van der Waals surface area contributed by atoms with Gasteiger partial charge in [-0.1, -0.05) is 58.0 Å². The molecule has 1 saturated heterocycles. The van der Waals surface area contributed by atoms with Crippen LogP contribution in [-0.2, 0) is 49.3 Å². The Morgan fingerprint density at radius 2 is 1.45 bits per heavy atom. The molecular weight excluding hydrogens is 688 g/mol. The molecule has 2 unspecified atom stereocenters. The topological polar surface area (TPSA) is 130 Å². The lowest BCUT2D eigenvalue weighted by Crippen LogP contribution is -2.58. The van der Waals surface area contributed by atoms with E-state index in [9.17, 15) is 45.5 Å². The number of alkyl halides is 6. The van der Waals surface area contributed by atoms with Crippen molar-refractivity contribution in [3.05, 3.63) is 70.8 Å². The van der Waals surface area contributed by atoms with Gasteiger partial charge in [0.25, 0.3) is 5.91 Å². The fraction of sp³-hybridized carbons (Fsp3) is 0.500. The minimum absolute atomic E-state index is 0.00765. The Bertz CT molecular complexity index is 1570. The normalized spacial score (nSPS) is 19.0. The van der Waals surface area contributed by atoms with Crippen molar-refractivity contribution in [1.29, 1.82) is 0 Å². The van der Waals surface area contributed by atoms with Gasteiger partial charge in [0.2, 0.25) is 11.8 Å². The van der Waals surface area contributed by atoms with Crippen LogP contribution in [0.3, 0.4) is 0 Å². The molecule has 2 N–H and O–H groups in total. The second kappa shape index (κ2) is 16.1. The molecular formula is C34H39F6N5O6. The van der Waals surface area contributed by atoms with Crippen LogP contribution in [0.5, 0.6) is 0 Å². The van der Waals surface area contributed by atoms with Gasteiger partial charge in [-0.15, -0.1) is 0 Å². The molecule has 278 valence electrons. The SMILES string of the molecule is CC(C)C(NC(=O)[C@@H]1CCCN1C(=O)[C@@H](NC(=O)OCc1ccccc1)C(C)C)C(=O)N1C=NC(Cc2cc(C(F)(F)F)cc(C(F)(F)F)c2)O1. The third-order valence-corrected chi connectivity index (χ3v) is 8.34. The molecule has 0 saturated carbocycles. The average Bonchev–Trinajstić information content (AvgIpc) is 3.74. The molecule has 4 amide bonds. The molecule has 17 heteroatoms. The smallest absolute Gasteiger partial charge is 0.416 e. The van der Waals surface area contributed by atoms with E-state index in [-0.39, 0.29) is 37.1 Å². The molecule has 0 aromatic heterocycles. The van der Waals surface area contributed by atoms with Gasteiger partial charge < -0.3 is 20.3 Å². The van der Waals surface area contributed by atoms with Gasteiger partial charge in [-0.05, 0) is 54.0 Å². The zero-order chi connectivity index (χ0) is 37.7. The summed E-state index contributed by atoms with van der Waals surface area (Å²) in [4.78, 5) is 64.0. The van der Waals surface area contributed by atoms with Crippen LogP contribution in [-0.4, -0.2) is 71.0 Å². The van der Waals surface area contributed by atoms with Crippen molar-refractivity contribution in [2.75, 3.05) is 6.54 Å². The Hall–Kier alpha value is -4.67. The number of aliphatic imine (C=N–C) groups is 1. The molecule has 0 radical (unpaired) electrons. The highest BCUT2D eigenvalue weighted by Crippen LogP contribution is 2.37. The summed E-state index contributed by atoms with van der Waals surface area (Å²) in [7, 11) is 0. The number of ether oxygens (including phenoxy) is 1. The van der Waals surface area contributed by atoms with Crippen LogP contribution < -0.4 is 10.6 Å². The Morgan fingerprint density at radius 3 is 2.02 bits per heavy atom. The fourth-order valence-electron chi connectivity index (χ4n) is 5.65. The van der Waals surface area contributed by atoms with E-state index in [2.05, 4.69) is 15.6 Å². The maximum Gasteiger partial charge on any atom is 0.416 e. The number of hydrogen-bond acceptors (Lipinski definition) is 7. The van der Waals surface area contributed by atoms with Crippen LogP contribution in [0.2, 0.25) is 0 Å². The van der Waals surface area contributed by atoms with Gasteiger partial charge in [0, 0.05) is 13.0 Å². The lowest BCUT2D eigenvalue weighted by molar-refractivity contribution is -0.171. The molecule has 4 atom stereocenters. The first-order valence-electron chi connectivity index (χ1n) is 16.2. The van der Waals surface area contributed by atoms with E-state index in [1.165, 1.54) is 4.90 Å². The number of hydrogen-bond donors (Lipinski definition) is 2. The van der Waals surface area contributed by atoms with Crippen molar-refractivity contribution in [3.8, 4) is 0 Å². The van der Waals surface area contributed by atoms with E-state index < -0.39 is 84.0 Å². The first kappa shape index (κ1) is 39.1. The lowest BCUT2D eigenvalue weighted by atomic mass is 10.0. The number of amides is 4. The summed E-state index contributed by atoms with van der Waals surface area (Å²) in [6.07, 6.45) is -11.0. The molecule has 51 heavy (non-hydrogen) atoms. The van der Waals surface area contributed by atoms with Crippen LogP contribution in [0.4, 0.5) is 31.1 Å². The first-order valence-corrected chi connectivity index (χ1v) is 16.2. The molecule has 0 bridgehead atoms. The minimum Gasteiger partial charge on any atom is -0.445 e. The number of nitrogens with one attached hydrogen (secondary N) is 2. The number of likely N-dealkylation sites (tertiary alicyclic amines) is 1. The Kier molecular flexibility index (Phi) is 12.4. The van der Waals surface area contributed by atoms with Crippen LogP contribution in [0.25, 0.3) is 0 Å². The number of carbonyl (C=O) groups excluding carboxylic acids is 4. The molecule has 0 spiro atoms. The Labute approximate surface area is 290 Å². The summed E-state index contributed by atoms with van der Waals surface area (Å²) in [5.74, 6) is -2.84. The van der Waals surface area contributed by atoms with E-state index in [0.29, 0.717) is 23.6 Å². The van der Waals surface area contributed by atoms with E-state index in [1.807, 2.05) is 6.07 Å². The van der Waals surface area contributed by atoms with Crippen molar-refractivity contribution in [2.45, 2.75) is 90.3 Å². The van der Waals surface area contributed by atoms with Gasteiger partial charge in [-0.2, -0.15) is 31.4 Å². The second-order valence-corrected chi connectivity index (χ2v) is 13.0. The van der Waals surface area contributed by atoms with Gasteiger partial charge in [-0.3, -0.25) is 14.4 Å². The number of nitrogens with zero attached hydrogens (tertiary/aromatic N) is 3. The molecule has 2 aliphatic rings. The summed E-state index contributed by atoms with van der Waals surface area (Å²) >= 11 is 0. The third kappa shape index (κ3) is 10.2. The number of halogens is 6. The van der Waals surface area contributed by atoms with Gasteiger partial charge in [0.05, 0.1) is 11.1 Å². The predicted molar refractivity (Wildman–Crippen MR) is 170 cm³/mol. The first-order chi connectivity index (χ1) is 23.8. The number of hydroxylamine groups is 2. The summed E-state index contributed by atoms with van der Waals surface area (Å²) in [6, 6.07) is 6.87. The van der Waals surface area contributed by atoms with Gasteiger partial charge in [-0.25, -0.2) is 14.6 Å². The molecule has 2 aliphatic heterocycles. The van der Waals surface area contributed by atoms with Crippen molar-refractivity contribution in [2.24, 2.45) is 16.8 Å². The quantitative estimate of drug-likeness (QED) is 0.295. The molecule has 0 aliphatic carbocycles. The van der Waals surface area contributed by atoms with E-state index in [1.54, 1.807) is 52.0 Å². The zero-order valence-electron chi connectivity index (χ0n) is 28.3. The molecule has 11 nitrogen and oxygen atoms in total. The van der Waals surface area contributed by atoms with Crippen LogP contribution >= 0.6 is 0 Å². The van der Waals surface area contributed by atoms with Crippen molar-refractivity contribution >= 4 is 30.2 Å². The van der Waals surface area contributed by atoms with Crippen molar-refractivity contribution in [1.82, 2.24) is 20.6 Å². The zero-order valence-corrected chi connectivity index (χ0v) is 28.3. The minimum atomic E-state index is -5.04. The fourth-order valence-corrected chi connectivity index (χ4v) is 5.65. The van der Waals surface area contributed by atoms with Crippen LogP contribution in [0.1, 0.15) is 62.8 Å². The lowest BCUT2D eigenvalue weighted by Gasteiger charge is -2.32. The number of benzene rings is 2. The summed E-state index contributed by atoms with van der Waals surface area (Å²) < 4.78 is 85.2. The highest BCUT2D eigenvalue weighted by atomic mass is 19.4. The summed E-state index contributed by atoms with van der Waals surface area (Å²) in [5, 5.41) is 5.92. The molecule has 2 heterocycles. The third-order valence-electron chi connectivity index (χ3n) is 8.34. The second-order valence-electron chi connectivity index (χ2n) is 13.0. The molecule has 2 aromatic carbocycles. The summed E-state index contributed by atoms with van der Waals surface area (Å²) in [6.45, 7) is 6.92. The molecule has 4 rings (SSSR count). The van der Waals surface area contributed by atoms with E-state index >= 15 is 0 Å². The standard InChI is InChI=1S/C34H39F6N5O6/c1-19(2)27(43-32(49)50-17-21-9-6-5-7-10-21)30(47)44-12-8-11-25(44)29(46)42-28(20(3)4)31(48)45-18-41-26(51-45)15-22-13-23(33(35,36)37)16-24(14-22)34(38,39)40/h5-7,9-10,13-14,16,18-20,25-28H,8,11-12,15,17H2,1-4H3,(H,42,46)(H,43,49)/t25-,26?,27-,28?/m0/s1. The Morgan fingerprint density at radius 1 is 0.863 bits per heavy atom.